The van der Waals surface area contributed by atoms with Crippen LogP contribution in [0, 0.1) is 17.0 Å². The van der Waals surface area contributed by atoms with E-state index in [1.807, 2.05) is 26.0 Å². The number of fused-ring (bicyclic) bond motifs is 5. The summed E-state index contributed by atoms with van der Waals surface area (Å²) in [6.07, 6.45) is 8.75. The van der Waals surface area contributed by atoms with Gasteiger partial charge in [-0.1, -0.05) is 75.9 Å². The van der Waals surface area contributed by atoms with Gasteiger partial charge >= 0.3 is 0 Å². The molecule has 4 aliphatic rings. The van der Waals surface area contributed by atoms with Gasteiger partial charge in [-0.15, -0.1) is 6.58 Å². The Labute approximate surface area is 330 Å². The summed E-state index contributed by atoms with van der Waals surface area (Å²) in [4.78, 5) is 34.4. The summed E-state index contributed by atoms with van der Waals surface area (Å²) in [5.74, 6) is -0.962. The normalized spacial score (nSPS) is 20.9. The molecule has 294 valence electrons. The summed E-state index contributed by atoms with van der Waals surface area (Å²) in [6.45, 7) is 20.7. The number of likely N-dealkylation sites (tertiary alicyclic amines) is 1. The number of hydrogen-bond acceptors (Lipinski definition) is 5. The van der Waals surface area contributed by atoms with E-state index >= 15 is 8.78 Å². The molecule has 3 atom stereocenters. The Balaban J connectivity index is 0.000000807. The van der Waals surface area contributed by atoms with Crippen molar-refractivity contribution in [2.75, 3.05) is 31.1 Å². The third kappa shape index (κ3) is 7.53. The van der Waals surface area contributed by atoms with Crippen molar-refractivity contribution in [1.82, 2.24) is 14.5 Å². The van der Waals surface area contributed by atoms with Crippen LogP contribution in [0.4, 0.5) is 14.5 Å². The Hall–Kier alpha value is -3.88. The third-order valence-corrected chi connectivity index (χ3v) is 12.3. The van der Waals surface area contributed by atoms with Crippen LogP contribution >= 0.6 is 11.6 Å². The van der Waals surface area contributed by atoms with E-state index < -0.39 is 23.0 Å². The molecule has 1 aromatic heterocycles. The van der Waals surface area contributed by atoms with Crippen molar-refractivity contribution < 1.29 is 13.6 Å². The van der Waals surface area contributed by atoms with E-state index in [1.54, 1.807) is 12.1 Å². The summed E-state index contributed by atoms with van der Waals surface area (Å²) in [5, 5.41) is 0.881. The molecule has 9 heteroatoms. The van der Waals surface area contributed by atoms with Gasteiger partial charge in [0.1, 0.15) is 23.2 Å². The van der Waals surface area contributed by atoms with Crippen LogP contribution in [0.3, 0.4) is 0 Å². The summed E-state index contributed by atoms with van der Waals surface area (Å²) < 4.78 is 32.4. The van der Waals surface area contributed by atoms with Gasteiger partial charge < -0.3 is 4.90 Å². The highest BCUT2D eigenvalue weighted by molar-refractivity contribution is 6.35. The van der Waals surface area contributed by atoms with Crippen molar-refractivity contribution in [3.05, 3.63) is 111 Å². The van der Waals surface area contributed by atoms with Gasteiger partial charge in [0.2, 0.25) is 0 Å². The van der Waals surface area contributed by atoms with Crippen LogP contribution in [0.2, 0.25) is 5.02 Å². The Morgan fingerprint density at radius 2 is 1.69 bits per heavy atom. The average Bonchev–Trinajstić information content (AvgIpc) is 3.32. The van der Waals surface area contributed by atoms with Crippen molar-refractivity contribution in [1.29, 1.82) is 0 Å². The molecule has 3 fully saturated rings. The maximum atomic E-state index is 15.2. The lowest BCUT2D eigenvalue weighted by Crippen LogP contribution is -2.73. The first-order valence-electron chi connectivity index (χ1n) is 20.2. The van der Waals surface area contributed by atoms with Crippen LogP contribution in [0.15, 0.2) is 66.0 Å². The lowest BCUT2D eigenvalue weighted by Gasteiger charge is -2.63. The SMILES string of the molecule is C=CC.CCC.CCCC(C(C)=O)c1c(F)cc(N2CC3(C2)CN(C2CCCC(c4ccc5c(c4)C(C)(C)c4nc(=O)c6c(Cl)cccc6n4-5)C2)C3)cc1F. The van der Waals surface area contributed by atoms with Crippen LogP contribution in [0.5, 0.6) is 0 Å². The van der Waals surface area contributed by atoms with E-state index in [0.717, 1.165) is 56.0 Å². The van der Waals surface area contributed by atoms with Gasteiger partial charge in [0, 0.05) is 54.8 Å². The van der Waals surface area contributed by atoms with E-state index in [1.165, 1.54) is 49.4 Å². The second kappa shape index (κ2) is 16.3. The molecule has 1 spiro atoms. The van der Waals surface area contributed by atoms with Crippen molar-refractivity contribution in [3.8, 4) is 5.69 Å². The predicted molar refractivity (Wildman–Crippen MR) is 222 cm³/mol. The number of nitrogens with zero attached hydrogens (tertiary/aromatic N) is 4. The average molecular weight is 771 g/mol. The summed E-state index contributed by atoms with van der Waals surface area (Å²) >= 11 is 6.46. The first-order chi connectivity index (χ1) is 26.2. The van der Waals surface area contributed by atoms with Crippen molar-refractivity contribution in [3.63, 3.8) is 0 Å². The van der Waals surface area contributed by atoms with Crippen LogP contribution in [0.25, 0.3) is 16.6 Å². The molecule has 8 rings (SSSR count). The van der Waals surface area contributed by atoms with E-state index in [2.05, 4.69) is 71.8 Å². The van der Waals surface area contributed by atoms with Crippen LogP contribution < -0.4 is 10.5 Å². The molecule has 55 heavy (non-hydrogen) atoms. The molecule has 0 bridgehead atoms. The highest BCUT2D eigenvalue weighted by Gasteiger charge is 2.53. The molecule has 0 radical (unpaired) electrons. The number of allylic oxidation sites excluding steroid dienone is 1. The first kappa shape index (κ1) is 40.8. The molecular formula is C46H57ClF2N4O2. The zero-order chi connectivity index (χ0) is 39.8. The molecule has 0 N–H and O–H groups in total. The molecular weight excluding hydrogens is 714 g/mol. The number of carbonyl (C=O) groups excluding carboxylic acids is 1. The van der Waals surface area contributed by atoms with Crippen molar-refractivity contribution in [2.45, 2.75) is 117 Å². The summed E-state index contributed by atoms with van der Waals surface area (Å²) in [5.41, 5.74) is 4.33. The second-order valence-corrected chi connectivity index (χ2v) is 17.2. The fourth-order valence-electron chi connectivity index (χ4n) is 9.46. The predicted octanol–water partition coefficient (Wildman–Crippen LogP) is 10.9. The van der Waals surface area contributed by atoms with Gasteiger partial charge in [-0.25, -0.2) is 8.78 Å². The molecule has 0 amide bonds. The molecule has 3 aliphatic heterocycles. The number of carbonyl (C=O) groups is 1. The topological polar surface area (TPSA) is 58.4 Å². The number of rotatable bonds is 7. The quantitative estimate of drug-likeness (QED) is 0.175. The third-order valence-electron chi connectivity index (χ3n) is 12.0. The van der Waals surface area contributed by atoms with Gasteiger partial charge in [-0.3, -0.25) is 19.1 Å². The second-order valence-electron chi connectivity index (χ2n) is 16.8. The summed E-state index contributed by atoms with van der Waals surface area (Å²) in [6, 6.07) is 15.7. The molecule has 1 saturated carbocycles. The first-order valence-corrected chi connectivity index (χ1v) is 20.5. The molecule has 6 nitrogen and oxygen atoms in total. The van der Waals surface area contributed by atoms with E-state index in [0.29, 0.717) is 40.9 Å². The standard InChI is InChI=1S/C40H43ClF2N4O2.C3H8.C3H6/c1-5-8-28(23(2)48)35-31(42)17-27(18-32(35)43)46-21-40(22-46)19-45(20-40)26-10-6-9-24(15-26)25-13-14-33-29(16-25)39(3,4)38-44-37(49)36-30(41)11-7-12-34(36)47(33)38;2*1-3-2/h7,11-14,16-18,24,26,28H,5-6,8-10,15,19-22H2,1-4H3;3H2,1-2H3;3H,1H2,2H3. The lowest BCUT2D eigenvalue weighted by molar-refractivity contribution is -0.118. The molecule has 3 unspecified atom stereocenters. The number of benzene rings is 3. The highest BCUT2D eigenvalue weighted by atomic mass is 35.5. The van der Waals surface area contributed by atoms with E-state index in [9.17, 15) is 9.59 Å². The van der Waals surface area contributed by atoms with Gasteiger partial charge in [0.05, 0.1) is 27.0 Å². The monoisotopic (exact) mass is 770 g/mol. The maximum Gasteiger partial charge on any atom is 0.282 e. The molecule has 2 saturated heterocycles. The fourth-order valence-corrected chi connectivity index (χ4v) is 9.71. The number of halogens is 3. The Morgan fingerprint density at radius 1 is 1.04 bits per heavy atom. The van der Waals surface area contributed by atoms with Crippen molar-refractivity contribution in [2.24, 2.45) is 5.41 Å². The van der Waals surface area contributed by atoms with Crippen LogP contribution in [0.1, 0.15) is 128 Å². The Kier molecular flexibility index (Phi) is 12.1. The number of hydrogen-bond donors (Lipinski definition) is 0. The smallest absolute Gasteiger partial charge is 0.282 e. The van der Waals surface area contributed by atoms with Gasteiger partial charge in [-0.2, -0.15) is 4.98 Å². The van der Waals surface area contributed by atoms with Gasteiger partial charge in [0.15, 0.2) is 0 Å². The number of aromatic nitrogens is 2. The van der Waals surface area contributed by atoms with Crippen LogP contribution in [-0.4, -0.2) is 52.5 Å². The Morgan fingerprint density at radius 3 is 2.31 bits per heavy atom. The van der Waals surface area contributed by atoms with E-state index in [4.69, 9.17) is 11.6 Å². The molecule has 4 aromatic rings. The molecule has 4 heterocycles. The molecule has 3 aromatic carbocycles. The van der Waals surface area contributed by atoms with Gasteiger partial charge in [0.25, 0.3) is 5.56 Å². The highest BCUT2D eigenvalue weighted by Crippen LogP contribution is 2.48. The largest absolute Gasteiger partial charge is 0.370 e. The number of anilines is 1. The summed E-state index contributed by atoms with van der Waals surface area (Å²) in [7, 11) is 0. The number of ketones is 1. The van der Waals surface area contributed by atoms with Crippen LogP contribution in [-0.2, 0) is 10.2 Å². The maximum absolute atomic E-state index is 15.2. The zero-order valence-corrected chi connectivity index (χ0v) is 34.4. The lowest BCUT2D eigenvalue weighted by atomic mass is 9.70. The fraction of sp³-hybridized carbons (Fsp3) is 0.500. The minimum Gasteiger partial charge on any atom is -0.370 e. The minimum atomic E-state index is -0.733. The Bertz CT molecular complexity index is 2110. The minimum absolute atomic E-state index is 0.0862. The van der Waals surface area contributed by atoms with E-state index in [-0.39, 0.29) is 22.3 Å². The zero-order valence-electron chi connectivity index (χ0n) is 33.7. The molecule has 1 aliphatic carbocycles. The van der Waals surface area contributed by atoms with Gasteiger partial charge in [-0.05, 0) is 101 Å². The number of Topliss-reactive ketones (excluding diaryl/α,β-unsaturated/α-hetero) is 1. The van der Waals surface area contributed by atoms with Crippen molar-refractivity contribution >= 4 is 34.0 Å².